The Bertz CT molecular complexity index is 358. The van der Waals surface area contributed by atoms with Gasteiger partial charge in [0.25, 0.3) is 5.91 Å². The minimum absolute atomic E-state index is 0.0851. The van der Waals surface area contributed by atoms with Gasteiger partial charge in [-0.3, -0.25) is 4.79 Å². The van der Waals surface area contributed by atoms with Crippen LogP contribution in [0.5, 0.6) is 0 Å². The number of thiazole rings is 1. The zero-order valence-corrected chi connectivity index (χ0v) is 10.3. The average Bonchev–Trinajstić information content (AvgIpc) is 2.73. The normalized spacial score (nSPS) is 16.3. The van der Waals surface area contributed by atoms with Crippen molar-refractivity contribution < 1.29 is 4.79 Å². The molecule has 2 heterocycles. The maximum absolute atomic E-state index is 11.9. The van der Waals surface area contributed by atoms with E-state index in [4.69, 9.17) is 0 Å². The number of likely N-dealkylation sites (tertiary alicyclic amines) is 1. The molecule has 2 rings (SSSR count). The van der Waals surface area contributed by atoms with Crippen molar-refractivity contribution in [2.45, 2.75) is 19.8 Å². The molecule has 1 amide bonds. The van der Waals surface area contributed by atoms with E-state index in [2.05, 4.69) is 20.9 Å². The zero-order valence-electron chi connectivity index (χ0n) is 7.92. The van der Waals surface area contributed by atoms with Crippen molar-refractivity contribution >= 4 is 33.2 Å². The van der Waals surface area contributed by atoms with Crippen LogP contribution in [0.15, 0.2) is 3.92 Å². The second kappa shape index (κ2) is 3.98. The molecule has 0 saturated carbocycles. The van der Waals surface area contributed by atoms with Crippen LogP contribution in [0.2, 0.25) is 0 Å². The van der Waals surface area contributed by atoms with E-state index in [1.165, 1.54) is 11.3 Å². The summed E-state index contributed by atoms with van der Waals surface area (Å²) >= 11 is 4.81. The van der Waals surface area contributed by atoms with Gasteiger partial charge in [0.1, 0.15) is 5.69 Å². The first-order chi connectivity index (χ1) is 6.68. The molecule has 76 valence electrons. The minimum Gasteiger partial charge on any atom is -0.337 e. The summed E-state index contributed by atoms with van der Waals surface area (Å²) in [5.74, 6) is 0.0851. The van der Waals surface area contributed by atoms with Crippen molar-refractivity contribution in [2.75, 3.05) is 13.1 Å². The first-order valence-electron chi connectivity index (χ1n) is 4.60. The van der Waals surface area contributed by atoms with E-state index in [0.29, 0.717) is 5.69 Å². The SMILES string of the molecule is Cc1sc(Br)nc1C(=O)N1CCCC1. The summed E-state index contributed by atoms with van der Waals surface area (Å²) in [6.07, 6.45) is 2.24. The third kappa shape index (κ3) is 1.83. The molecule has 0 aliphatic carbocycles. The Hall–Kier alpha value is -0.420. The largest absolute Gasteiger partial charge is 0.337 e. The molecule has 1 saturated heterocycles. The molecule has 0 N–H and O–H groups in total. The van der Waals surface area contributed by atoms with E-state index in [0.717, 1.165) is 34.7 Å². The predicted molar refractivity (Wildman–Crippen MR) is 59.7 cm³/mol. The second-order valence-corrected chi connectivity index (χ2v) is 5.85. The van der Waals surface area contributed by atoms with Crippen molar-refractivity contribution in [3.05, 3.63) is 14.5 Å². The molecule has 5 heteroatoms. The Labute approximate surface area is 95.3 Å². The number of carbonyl (C=O) groups is 1. The zero-order chi connectivity index (χ0) is 10.1. The fourth-order valence-corrected chi connectivity index (χ4v) is 3.16. The Morgan fingerprint density at radius 3 is 2.64 bits per heavy atom. The molecule has 0 spiro atoms. The molecule has 0 bridgehead atoms. The third-order valence-corrected chi connectivity index (χ3v) is 3.79. The smallest absolute Gasteiger partial charge is 0.273 e. The second-order valence-electron chi connectivity index (χ2n) is 3.37. The van der Waals surface area contributed by atoms with Crippen molar-refractivity contribution in [2.24, 2.45) is 0 Å². The summed E-state index contributed by atoms with van der Waals surface area (Å²) in [6, 6.07) is 0. The lowest BCUT2D eigenvalue weighted by Gasteiger charge is -2.13. The van der Waals surface area contributed by atoms with E-state index in [1.54, 1.807) is 0 Å². The van der Waals surface area contributed by atoms with Gasteiger partial charge in [-0.25, -0.2) is 4.98 Å². The third-order valence-electron chi connectivity index (χ3n) is 2.37. The van der Waals surface area contributed by atoms with E-state index < -0.39 is 0 Å². The quantitative estimate of drug-likeness (QED) is 0.788. The molecule has 1 aromatic heterocycles. The molecule has 3 nitrogen and oxygen atoms in total. The number of amides is 1. The highest BCUT2D eigenvalue weighted by Crippen LogP contribution is 2.24. The number of aromatic nitrogens is 1. The van der Waals surface area contributed by atoms with Crippen LogP contribution in [-0.4, -0.2) is 28.9 Å². The van der Waals surface area contributed by atoms with Crippen molar-refractivity contribution in [1.82, 2.24) is 9.88 Å². The minimum atomic E-state index is 0.0851. The van der Waals surface area contributed by atoms with E-state index in [1.807, 2.05) is 11.8 Å². The van der Waals surface area contributed by atoms with Gasteiger partial charge in [0, 0.05) is 18.0 Å². The van der Waals surface area contributed by atoms with Gasteiger partial charge >= 0.3 is 0 Å². The lowest BCUT2D eigenvalue weighted by atomic mass is 10.3. The van der Waals surface area contributed by atoms with Crippen LogP contribution < -0.4 is 0 Å². The van der Waals surface area contributed by atoms with Crippen LogP contribution in [0.25, 0.3) is 0 Å². The summed E-state index contributed by atoms with van der Waals surface area (Å²) < 4.78 is 0.789. The Morgan fingerprint density at radius 2 is 2.14 bits per heavy atom. The molecule has 0 atom stereocenters. The number of nitrogens with zero attached hydrogens (tertiary/aromatic N) is 2. The van der Waals surface area contributed by atoms with Gasteiger partial charge in [-0.1, -0.05) is 0 Å². The monoisotopic (exact) mass is 274 g/mol. The van der Waals surface area contributed by atoms with Gasteiger partial charge in [-0.15, -0.1) is 11.3 Å². The van der Waals surface area contributed by atoms with Gasteiger partial charge in [0.2, 0.25) is 0 Å². The highest BCUT2D eigenvalue weighted by Gasteiger charge is 2.23. The number of rotatable bonds is 1. The molecule has 1 fully saturated rings. The Balaban J connectivity index is 2.21. The molecule has 0 unspecified atom stereocenters. The van der Waals surface area contributed by atoms with E-state index in [9.17, 15) is 4.79 Å². The lowest BCUT2D eigenvalue weighted by Crippen LogP contribution is -2.28. The molecule has 1 aromatic rings. The number of aryl methyl sites for hydroxylation is 1. The van der Waals surface area contributed by atoms with Gasteiger partial charge in [-0.05, 0) is 35.7 Å². The van der Waals surface area contributed by atoms with Crippen molar-refractivity contribution in [3.63, 3.8) is 0 Å². The van der Waals surface area contributed by atoms with Crippen LogP contribution in [0.1, 0.15) is 28.2 Å². The highest BCUT2D eigenvalue weighted by molar-refractivity contribution is 9.11. The van der Waals surface area contributed by atoms with E-state index in [-0.39, 0.29) is 5.91 Å². The molecule has 0 radical (unpaired) electrons. The fourth-order valence-electron chi connectivity index (χ4n) is 1.63. The summed E-state index contributed by atoms with van der Waals surface area (Å²) in [4.78, 5) is 19.0. The maximum atomic E-state index is 11.9. The molecular formula is C9H11BrN2OS. The van der Waals surface area contributed by atoms with Crippen molar-refractivity contribution in [1.29, 1.82) is 0 Å². The average molecular weight is 275 g/mol. The summed E-state index contributed by atoms with van der Waals surface area (Å²) in [6.45, 7) is 3.70. The van der Waals surface area contributed by atoms with Crippen LogP contribution >= 0.6 is 27.3 Å². The summed E-state index contributed by atoms with van der Waals surface area (Å²) in [5.41, 5.74) is 0.615. The van der Waals surface area contributed by atoms with Gasteiger partial charge in [0.05, 0.1) is 0 Å². The van der Waals surface area contributed by atoms with Gasteiger partial charge < -0.3 is 4.90 Å². The molecular weight excluding hydrogens is 264 g/mol. The topological polar surface area (TPSA) is 33.2 Å². The fraction of sp³-hybridized carbons (Fsp3) is 0.556. The molecule has 14 heavy (non-hydrogen) atoms. The number of carbonyl (C=O) groups excluding carboxylic acids is 1. The molecule has 1 aliphatic heterocycles. The standard InChI is InChI=1S/C9H11BrN2OS/c1-6-7(11-9(10)14-6)8(13)12-4-2-3-5-12/h2-5H2,1H3. The maximum Gasteiger partial charge on any atom is 0.273 e. The molecule has 1 aliphatic rings. The Kier molecular flexibility index (Phi) is 2.88. The Morgan fingerprint density at radius 1 is 1.50 bits per heavy atom. The van der Waals surface area contributed by atoms with Crippen LogP contribution in [-0.2, 0) is 0 Å². The van der Waals surface area contributed by atoms with E-state index >= 15 is 0 Å². The van der Waals surface area contributed by atoms with Crippen molar-refractivity contribution in [3.8, 4) is 0 Å². The summed E-state index contributed by atoms with van der Waals surface area (Å²) in [7, 11) is 0. The van der Waals surface area contributed by atoms with Gasteiger partial charge in [0.15, 0.2) is 3.92 Å². The molecule has 0 aromatic carbocycles. The lowest BCUT2D eigenvalue weighted by molar-refractivity contribution is 0.0787. The summed E-state index contributed by atoms with van der Waals surface area (Å²) in [5, 5.41) is 0. The predicted octanol–water partition coefficient (Wildman–Crippen LogP) is 2.45. The van der Waals surface area contributed by atoms with Crippen LogP contribution in [0, 0.1) is 6.92 Å². The number of hydrogen-bond donors (Lipinski definition) is 0. The number of halogens is 1. The number of hydrogen-bond acceptors (Lipinski definition) is 3. The first kappa shape index (κ1) is 10.1. The van der Waals surface area contributed by atoms with Crippen LogP contribution in [0.4, 0.5) is 0 Å². The first-order valence-corrected chi connectivity index (χ1v) is 6.21. The van der Waals surface area contributed by atoms with Crippen LogP contribution in [0.3, 0.4) is 0 Å². The highest BCUT2D eigenvalue weighted by atomic mass is 79.9. The van der Waals surface area contributed by atoms with Gasteiger partial charge in [-0.2, -0.15) is 0 Å².